The van der Waals surface area contributed by atoms with Crippen molar-refractivity contribution in [2.24, 2.45) is 5.73 Å². The van der Waals surface area contributed by atoms with Crippen molar-refractivity contribution in [3.05, 3.63) is 0 Å². The minimum absolute atomic E-state index is 0. The summed E-state index contributed by atoms with van der Waals surface area (Å²) in [5.41, 5.74) is 5.39. The number of nitrogens with one attached hydrogen (secondary N) is 1. The second-order valence-corrected chi connectivity index (χ2v) is 5.12. The van der Waals surface area contributed by atoms with Crippen molar-refractivity contribution in [2.45, 2.75) is 31.1 Å². The van der Waals surface area contributed by atoms with Crippen molar-refractivity contribution in [3.8, 4) is 0 Å². The third kappa shape index (κ3) is 3.71. The maximum atomic E-state index is 11.1. The number of halogens is 1. The predicted octanol–water partition coefficient (Wildman–Crippen LogP) is -0.163. The van der Waals surface area contributed by atoms with Crippen molar-refractivity contribution >= 4 is 22.4 Å². The van der Waals surface area contributed by atoms with E-state index in [4.69, 9.17) is 5.73 Å². The highest BCUT2D eigenvalue weighted by atomic mass is 35.5. The smallest absolute Gasteiger partial charge is 0.214 e. The second-order valence-electron chi connectivity index (χ2n) is 3.07. The average Bonchev–Trinajstić information content (AvgIpc) is 2.64. The molecule has 12 heavy (non-hydrogen) atoms. The summed E-state index contributed by atoms with van der Waals surface area (Å²) in [6.07, 6.45) is 1.60. The fraction of sp³-hybridized carbons (Fsp3) is 1.00. The van der Waals surface area contributed by atoms with Crippen molar-refractivity contribution < 1.29 is 8.42 Å². The summed E-state index contributed by atoms with van der Waals surface area (Å²) in [5, 5.41) is -0.138. The van der Waals surface area contributed by atoms with Crippen LogP contribution in [0.25, 0.3) is 0 Å². The molecule has 1 atom stereocenters. The first-order valence-electron chi connectivity index (χ1n) is 3.76. The van der Waals surface area contributed by atoms with Gasteiger partial charge >= 0.3 is 0 Å². The number of nitrogens with two attached hydrogens (primary N) is 1. The van der Waals surface area contributed by atoms with E-state index in [1.54, 1.807) is 6.92 Å². The predicted molar refractivity (Wildman–Crippen MR) is 50.8 cm³/mol. The van der Waals surface area contributed by atoms with Gasteiger partial charge in [-0.15, -0.1) is 12.4 Å². The van der Waals surface area contributed by atoms with Crippen molar-refractivity contribution in [1.29, 1.82) is 0 Å². The molecule has 1 fully saturated rings. The molecule has 0 heterocycles. The van der Waals surface area contributed by atoms with Gasteiger partial charge in [-0.1, -0.05) is 0 Å². The molecule has 0 aromatic heterocycles. The number of hydrogen-bond donors (Lipinski definition) is 2. The van der Waals surface area contributed by atoms with E-state index in [1.807, 2.05) is 0 Å². The van der Waals surface area contributed by atoms with E-state index in [9.17, 15) is 8.42 Å². The first-order valence-corrected chi connectivity index (χ1v) is 5.31. The highest BCUT2D eigenvalue weighted by Crippen LogP contribution is 2.27. The van der Waals surface area contributed by atoms with Crippen LogP contribution in [0.3, 0.4) is 0 Å². The lowest BCUT2D eigenvalue weighted by molar-refractivity contribution is 0.572. The molecular weight excluding hydrogens is 200 g/mol. The van der Waals surface area contributed by atoms with Crippen LogP contribution in [0.1, 0.15) is 19.8 Å². The van der Waals surface area contributed by atoms with Gasteiger partial charge in [-0.2, -0.15) is 0 Å². The van der Waals surface area contributed by atoms with Crippen molar-refractivity contribution in [2.75, 3.05) is 6.54 Å². The molecule has 1 aliphatic rings. The Morgan fingerprint density at radius 3 is 2.42 bits per heavy atom. The topological polar surface area (TPSA) is 72.2 Å². The van der Waals surface area contributed by atoms with E-state index >= 15 is 0 Å². The van der Waals surface area contributed by atoms with Gasteiger partial charge in [0.1, 0.15) is 0 Å². The molecule has 3 N–H and O–H groups in total. The minimum Gasteiger partial charge on any atom is -0.327 e. The molecule has 4 nitrogen and oxygen atoms in total. The highest BCUT2D eigenvalue weighted by Gasteiger charge is 2.35. The zero-order chi connectivity index (χ0) is 8.48. The largest absolute Gasteiger partial charge is 0.327 e. The molecule has 0 spiro atoms. The lowest BCUT2D eigenvalue weighted by atomic mass is 10.4. The van der Waals surface area contributed by atoms with E-state index in [0.29, 0.717) is 6.54 Å². The SMILES string of the molecule is C[C@H](N)CNS(=O)(=O)C1CC1.Cl. The molecule has 1 rings (SSSR count). The van der Waals surface area contributed by atoms with Crippen molar-refractivity contribution in [3.63, 3.8) is 0 Å². The van der Waals surface area contributed by atoms with Gasteiger partial charge in [-0.3, -0.25) is 0 Å². The summed E-state index contributed by atoms with van der Waals surface area (Å²) < 4.78 is 24.7. The zero-order valence-corrected chi connectivity index (χ0v) is 8.62. The molecule has 0 bridgehead atoms. The number of rotatable bonds is 4. The summed E-state index contributed by atoms with van der Waals surface area (Å²) in [4.78, 5) is 0. The van der Waals surface area contributed by atoms with Crippen LogP contribution in [0.2, 0.25) is 0 Å². The van der Waals surface area contributed by atoms with Gasteiger partial charge in [0, 0.05) is 12.6 Å². The van der Waals surface area contributed by atoms with Gasteiger partial charge in [0.25, 0.3) is 0 Å². The third-order valence-corrected chi connectivity index (χ3v) is 3.49. The van der Waals surface area contributed by atoms with Gasteiger partial charge in [0.2, 0.25) is 10.0 Å². The number of hydrogen-bond acceptors (Lipinski definition) is 3. The van der Waals surface area contributed by atoms with Crippen LogP contribution in [-0.2, 0) is 10.0 Å². The Labute approximate surface area is 79.4 Å². The molecule has 1 saturated carbocycles. The summed E-state index contributed by atoms with van der Waals surface area (Å²) in [6, 6.07) is -0.108. The zero-order valence-electron chi connectivity index (χ0n) is 6.99. The van der Waals surface area contributed by atoms with Gasteiger partial charge in [-0.25, -0.2) is 13.1 Å². The summed E-state index contributed by atoms with van der Waals surface area (Å²) in [7, 11) is -3.01. The second kappa shape index (κ2) is 4.41. The lowest BCUT2D eigenvalue weighted by Crippen LogP contribution is -2.36. The first-order chi connectivity index (χ1) is 5.02. The molecule has 0 radical (unpaired) electrons. The van der Waals surface area contributed by atoms with Crippen LogP contribution in [0.4, 0.5) is 0 Å². The molecule has 0 aromatic rings. The molecular formula is C6H15ClN2O2S. The van der Waals surface area contributed by atoms with E-state index in [1.165, 1.54) is 0 Å². The lowest BCUT2D eigenvalue weighted by Gasteiger charge is -2.06. The van der Waals surface area contributed by atoms with Crippen molar-refractivity contribution in [1.82, 2.24) is 4.72 Å². The normalized spacial score (nSPS) is 19.8. The van der Waals surface area contributed by atoms with E-state index in [0.717, 1.165) is 12.8 Å². The maximum Gasteiger partial charge on any atom is 0.214 e. The Balaban J connectivity index is 0.00000121. The van der Waals surface area contributed by atoms with Crippen LogP contribution in [0, 0.1) is 0 Å². The Morgan fingerprint density at radius 1 is 1.58 bits per heavy atom. The van der Waals surface area contributed by atoms with E-state index in [2.05, 4.69) is 4.72 Å². The van der Waals surface area contributed by atoms with Crippen LogP contribution in [-0.4, -0.2) is 26.3 Å². The monoisotopic (exact) mass is 214 g/mol. The van der Waals surface area contributed by atoms with Crippen LogP contribution >= 0.6 is 12.4 Å². The summed E-state index contributed by atoms with van der Waals surface area (Å²) in [6.45, 7) is 2.12. The fourth-order valence-electron chi connectivity index (χ4n) is 0.744. The number of sulfonamides is 1. The van der Waals surface area contributed by atoms with Crippen LogP contribution < -0.4 is 10.5 Å². The molecule has 0 unspecified atom stereocenters. The molecule has 0 amide bonds. The Hall–Kier alpha value is 0.160. The molecule has 0 aliphatic heterocycles. The van der Waals surface area contributed by atoms with Gasteiger partial charge in [-0.05, 0) is 19.8 Å². The van der Waals surface area contributed by atoms with Crippen LogP contribution in [0.15, 0.2) is 0 Å². The van der Waals surface area contributed by atoms with E-state index < -0.39 is 10.0 Å². The van der Waals surface area contributed by atoms with Gasteiger partial charge < -0.3 is 5.73 Å². The van der Waals surface area contributed by atoms with Crippen LogP contribution in [0.5, 0.6) is 0 Å². The Bertz CT molecular complexity index is 224. The molecule has 6 heteroatoms. The average molecular weight is 215 g/mol. The quantitative estimate of drug-likeness (QED) is 0.683. The molecule has 0 saturated heterocycles. The Morgan fingerprint density at radius 2 is 2.08 bits per heavy atom. The molecule has 0 aromatic carbocycles. The first kappa shape index (κ1) is 12.2. The third-order valence-electron chi connectivity index (χ3n) is 1.57. The molecule has 74 valence electrons. The molecule has 1 aliphatic carbocycles. The van der Waals surface area contributed by atoms with Gasteiger partial charge in [0.15, 0.2) is 0 Å². The van der Waals surface area contributed by atoms with Gasteiger partial charge in [0.05, 0.1) is 5.25 Å². The Kier molecular flexibility index (Phi) is 4.47. The highest BCUT2D eigenvalue weighted by molar-refractivity contribution is 7.90. The minimum atomic E-state index is -3.01. The maximum absolute atomic E-state index is 11.1. The standard InChI is InChI=1S/C6H14N2O2S.ClH/c1-5(7)4-8-11(9,10)6-2-3-6;/h5-6,8H,2-4,7H2,1H3;1H/t5-;/m0./s1. The fourth-order valence-corrected chi connectivity index (χ4v) is 2.23. The summed E-state index contributed by atoms with van der Waals surface area (Å²) in [5.74, 6) is 0. The van der Waals surface area contributed by atoms with E-state index in [-0.39, 0.29) is 23.7 Å². The summed E-state index contributed by atoms with van der Waals surface area (Å²) >= 11 is 0.